The van der Waals surface area contributed by atoms with Gasteiger partial charge in [0.2, 0.25) is 0 Å². The number of hydrogen-bond acceptors (Lipinski definition) is 4. The molecular formula is C14H26N2O3. The Morgan fingerprint density at radius 1 is 1.37 bits per heavy atom. The van der Waals surface area contributed by atoms with Crippen LogP contribution in [0.4, 0.5) is 4.79 Å². The number of carbonyl (C=O) groups is 1. The number of amides is 1. The molecule has 1 aliphatic heterocycles. The van der Waals surface area contributed by atoms with Crippen LogP contribution in [-0.2, 0) is 9.47 Å². The summed E-state index contributed by atoms with van der Waals surface area (Å²) in [7, 11) is 0. The molecule has 0 aromatic heterocycles. The van der Waals surface area contributed by atoms with E-state index in [0.29, 0.717) is 12.6 Å². The van der Waals surface area contributed by atoms with Crippen LogP contribution in [0.5, 0.6) is 0 Å². The maximum Gasteiger partial charge on any atom is 0.407 e. The maximum absolute atomic E-state index is 11.3. The lowest BCUT2D eigenvalue weighted by atomic mass is 10.1. The molecule has 1 saturated heterocycles. The second-order valence-electron chi connectivity index (χ2n) is 5.68. The molecule has 1 fully saturated rings. The molecule has 0 bridgehead atoms. The zero-order valence-electron chi connectivity index (χ0n) is 12.2. The predicted molar refractivity (Wildman–Crippen MR) is 75.2 cm³/mol. The van der Waals surface area contributed by atoms with Gasteiger partial charge in [-0.25, -0.2) is 4.79 Å². The molecule has 5 nitrogen and oxygen atoms in total. The van der Waals surface area contributed by atoms with Gasteiger partial charge >= 0.3 is 6.09 Å². The van der Waals surface area contributed by atoms with Crippen molar-refractivity contribution in [2.75, 3.05) is 26.3 Å². The van der Waals surface area contributed by atoms with Crippen molar-refractivity contribution in [3.8, 4) is 0 Å². The molecule has 0 spiro atoms. The van der Waals surface area contributed by atoms with Crippen molar-refractivity contribution in [3.05, 3.63) is 12.2 Å². The lowest BCUT2D eigenvalue weighted by Crippen LogP contribution is -2.36. The lowest BCUT2D eigenvalue weighted by molar-refractivity contribution is 0.0534. The van der Waals surface area contributed by atoms with Crippen molar-refractivity contribution in [1.82, 2.24) is 10.6 Å². The van der Waals surface area contributed by atoms with Crippen LogP contribution < -0.4 is 10.6 Å². The van der Waals surface area contributed by atoms with E-state index in [-0.39, 0.29) is 6.09 Å². The summed E-state index contributed by atoms with van der Waals surface area (Å²) < 4.78 is 10.5. The molecule has 1 amide bonds. The third kappa shape index (κ3) is 8.61. The van der Waals surface area contributed by atoms with E-state index in [1.807, 2.05) is 32.9 Å². The van der Waals surface area contributed by atoms with E-state index >= 15 is 0 Å². The molecule has 1 heterocycles. The number of rotatable bonds is 5. The van der Waals surface area contributed by atoms with Gasteiger partial charge in [-0.3, -0.25) is 0 Å². The van der Waals surface area contributed by atoms with E-state index in [2.05, 4.69) is 10.6 Å². The fourth-order valence-electron chi connectivity index (χ4n) is 1.76. The Hall–Kier alpha value is -1.07. The molecule has 0 saturated carbocycles. The SMILES string of the molecule is CC(C)(C)OC(=O)NC/C=C/CNC1CCCOC1. The van der Waals surface area contributed by atoms with Gasteiger partial charge in [0.1, 0.15) is 5.60 Å². The number of hydrogen-bond donors (Lipinski definition) is 2. The third-order valence-corrected chi connectivity index (χ3v) is 2.61. The average Bonchev–Trinajstić information content (AvgIpc) is 2.32. The van der Waals surface area contributed by atoms with Gasteiger partial charge in [0.15, 0.2) is 0 Å². The summed E-state index contributed by atoms with van der Waals surface area (Å²) in [5, 5.41) is 6.07. The Morgan fingerprint density at radius 2 is 2.11 bits per heavy atom. The Balaban J connectivity index is 2.02. The van der Waals surface area contributed by atoms with Crippen LogP contribution in [0.2, 0.25) is 0 Å². The molecule has 1 unspecified atom stereocenters. The highest BCUT2D eigenvalue weighted by Crippen LogP contribution is 2.06. The molecule has 1 rings (SSSR count). The van der Waals surface area contributed by atoms with Gasteiger partial charge in [-0.2, -0.15) is 0 Å². The quantitative estimate of drug-likeness (QED) is 0.748. The Kier molecular flexibility index (Phi) is 6.87. The standard InChI is InChI=1S/C14H26N2O3/c1-14(2,3)19-13(17)16-9-5-4-8-15-12-7-6-10-18-11-12/h4-5,12,15H,6-11H2,1-3H3,(H,16,17)/b5-4+. The summed E-state index contributed by atoms with van der Waals surface area (Å²) in [4.78, 5) is 11.3. The van der Waals surface area contributed by atoms with E-state index in [4.69, 9.17) is 9.47 Å². The predicted octanol–water partition coefficient (Wildman–Crippen LogP) is 1.84. The van der Waals surface area contributed by atoms with Gasteiger partial charge in [0, 0.05) is 25.7 Å². The number of alkyl carbamates (subject to hydrolysis) is 1. The average molecular weight is 270 g/mol. The van der Waals surface area contributed by atoms with Crippen molar-refractivity contribution in [1.29, 1.82) is 0 Å². The Morgan fingerprint density at radius 3 is 2.74 bits per heavy atom. The van der Waals surface area contributed by atoms with Crippen LogP contribution in [0.25, 0.3) is 0 Å². The summed E-state index contributed by atoms with van der Waals surface area (Å²) in [6.45, 7) is 8.50. The van der Waals surface area contributed by atoms with Gasteiger partial charge in [-0.05, 0) is 33.6 Å². The minimum Gasteiger partial charge on any atom is -0.444 e. The molecule has 1 atom stereocenters. The summed E-state index contributed by atoms with van der Waals surface area (Å²) >= 11 is 0. The third-order valence-electron chi connectivity index (χ3n) is 2.61. The van der Waals surface area contributed by atoms with Crippen molar-refractivity contribution < 1.29 is 14.3 Å². The molecule has 2 N–H and O–H groups in total. The minimum absolute atomic E-state index is 0.384. The molecule has 0 aromatic carbocycles. The fourth-order valence-corrected chi connectivity index (χ4v) is 1.76. The molecule has 0 aromatic rings. The van der Waals surface area contributed by atoms with Crippen molar-refractivity contribution in [2.45, 2.75) is 45.3 Å². The van der Waals surface area contributed by atoms with E-state index < -0.39 is 5.60 Å². The highest BCUT2D eigenvalue weighted by atomic mass is 16.6. The first-order valence-electron chi connectivity index (χ1n) is 6.90. The summed E-state index contributed by atoms with van der Waals surface area (Å²) in [5.41, 5.74) is -0.448. The van der Waals surface area contributed by atoms with Crippen LogP contribution in [0, 0.1) is 0 Å². The van der Waals surface area contributed by atoms with E-state index in [1.165, 1.54) is 6.42 Å². The molecule has 0 aliphatic carbocycles. The smallest absolute Gasteiger partial charge is 0.407 e. The second kappa shape index (κ2) is 8.17. The van der Waals surface area contributed by atoms with Gasteiger partial charge in [-0.15, -0.1) is 0 Å². The summed E-state index contributed by atoms with van der Waals surface area (Å²) in [6.07, 6.45) is 5.84. The highest BCUT2D eigenvalue weighted by molar-refractivity contribution is 5.67. The fraction of sp³-hybridized carbons (Fsp3) is 0.786. The molecule has 5 heteroatoms. The first-order valence-corrected chi connectivity index (χ1v) is 6.90. The topological polar surface area (TPSA) is 59.6 Å². The molecule has 1 aliphatic rings. The number of ether oxygens (including phenoxy) is 2. The Labute approximate surface area is 115 Å². The first-order chi connectivity index (χ1) is 8.97. The second-order valence-corrected chi connectivity index (χ2v) is 5.68. The van der Waals surface area contributed by atoms with Gasteiger partial charge in [0.25, 0.3) is 0 Å². The Bertz CT molecular complexity index is 292. The molecular weight excluding hydrogens is 244 g/mol. The zero-order chi connectivity index (χ0) is 14.1. The summed E-state index contributed by atoms with van der Waals surface area (Å²) in [5.74, 6) is 0. The molecule has 19 heavy (non-hydrogen) atoms. The highest BCUT2D eigenvalue weighted by Gasteiger charge is 2.15. The van der Waals surface area contributed by atoms with E-state index in [9.17, 15) is 4.79 Å². The first kappa shape index (κ1) is 16.0. The van der Waals surface area contributed by atoms with E-state index in [1.54, 1.807) is 0 Å². The monoisotopic (exact) mass is 270 g/mol. The van der Waals surface area contributed by atoms with Crippen LogP contribution in [0.1, 0.15) is 33.6 Å². The van der Waals surface area contributed by atoms with Crippen LogP contribution in [0.15, 0.2) is 12.2 Å². The van der Waals surface area contributed by atoms with Crippen molar-refractivity contribution in [2.24, 2.45) is 0 Å². The van der Waals surface area contributed by atoms with Crippen LogP contribution in [0.3, 0.4) is 0 Å². The summed E-state index contributed by atoms with van der Waals surface area (Å²) in [6, 6.07) is 0.456. The maximum atomic E-state index is 11.3. The van der Waals surface area contributed by atoms with Gasteiger partial charge in [-0.1, -0.05) is 12.2 Å². The molecule has 0 radical (unpaired) electrons. The van der Waals surface area contributed by atoms with Gasteiger partial charge < -0.3 is 20.1 Å². The van der Waals surface area contributed by atoms with Crippen molar-refractivity contribution in [3.63, 3.8) is 0 Å². The van der Waals surface area contributed by atoms with Crippen molar-refractivity contribution >= 4 is 6.09 Å². The van der Waals surface area contributed by atoms with Gasteiger partial charge in [0.05, 0.1) is 6.61 Å². The van der Waals surface area contributed by atoms with E-state index in [0.717, 1.165) is 26.2 Å². The zero-order valence-corrected chi connectivity index (χ0v) is 12.2. The largest absolute Gasteiger partial charge is 0.444 e. The normalized spacial score (nSPS) is 20.5. The van der Waals surface area contributed by atoms with Crippen LogP contribution >= 0.6 is 0 Å². The number of carbonyl (C=O) groups excluding carboxylic acids is 1. The number of nitrogens with one attached hydrogen (secondary N) is 2. The minimum atomic E-state index is -0.448. The lowest BCUT2D eigenvalue weighted by Gasteiger charge is -2.22. The molecule has 110 valence electrons. The van der Waals surface area contributed by atoms with Crippen LogP contribution in [-0.4, -0.2) is 44.0 Å².